The number of allylic oxidation sites excluding steroid dienone is 1. The fourth-order valence-electron chi connectivity index (χ4n) is 2.70. The largest absolute Gasteiger partial charge is 0.480 e. The van der Waals surface area contributed by atoms with Crippen molar-refractivity contribution in [2.75, 3.05) is 6.54 Å². The number of carbonyl (C=O) groups is 2. The molecule has 1 unspecified atom stereocenters. The number of rotatable bonds is 3. The summed E-state index contributed by atoms with van der Waals surface area (Å²) in [5, 5.41) is 9.39. The maximum absolute atomic E-state index is 12.3. The summed E-state index contributed by atoms with van der Waals surface area (Å²) >= 11 is 0. The molecule has 0 aliphatic carbocycles. The second kappa shape index (κ2) is 5.55. The average Bonchev–Trinajstić information content (AvgIpc) is 2.26. The van der Waals surface area contributed by atoms with Crippen LogP contribution in [0.1, 0.15) is 47.0 Å². The Morgan fingerprint density at radius 3 is 2.56 bits per heavy atom. The van der Waals surface area contributed by atoms with E-state index in [0.717, 1.165) is 19.3 Å². The van der Waals surface area contributed by atoms with E-state index in [1.807, 2.05) is 26.8 Å². The molecule has 1 atom stereocenters. The smallest absolute Gasteiger partial charge is 0.326 e. The fraction of sp³-hybridized carbons (Fsp3) is 0.714. The molecule has 0 aromatic heterocycles. The van der Waals surface area contributed by atoms with Gasteiger partial charge in [0.1, 0.15) is 6.04 Å². The Balaban J connectivity index is 3.02. The summed E-state index contributed by atoms with van der Waals surface area (Å²) in [5.41, 5.74) is 0.271. The number of amides is 1. The monoisotopic (exact) mass is 253 g/mol. The molecule has 1 N–H and O–H groups in total. The van der Waals surface area contributed by atoms with Crippen LogP contribution in [-0.2, 0) is 9.59 Å². The van der Waals surface area contributed by atoms with Crippen molar-refractivity contribution in [2.24, 2.45) is 5.41 Å². The number of carboxylic acid groups (broad SMARTS) is 1. The standard InChI is InChI=1S/C14H23NO3/c1-5-7-10(2)12(16)15-9-6-8-14(3,4)11(15)13(17)18/h7,11H,5-6,8-9H2,1-4H3,(H,17,18)/b10-7-. The first kappa shape index (κ1) is 14.7. The predicted octanol–water partition coefficient (Wildman–Crippen LogP) is 2.44. The third kappa shape index (κ3) is 2.92. The van der Waals surface area contributed by atoms with Gasteiger partial charge in [0.15, 0.2) is 0 Å². The zero-order valence-corrected chi connectivity index (χ0v) is 11.7. The Kier molecular flexibility index (Phi) is 4.54. The molecule has 1 fully saturated rings. The summed E-state index contributed by atoms with van der Waals surface area (Å²) in [5.74, 6) is -1.05. The summed E-state index contributed by atoms with van der Waals surface area (Å²) in [7, 11) is 0. The third-order valence-electron chi connectivity index (χ3n) is 3.61. The zero-order chi connectivity index (χ0) is 13.9. The Bertz CT molecular complexity index is 371. The molecule has 1 aliphatic heterocycles. The van der Waals surface area contributed by atoms with Gasteiger partial charge in [-0.25, -0.2) is 4.79 Å². The van der Waals surface area contributed by atoms with E-state index in [0.29, 0.717) is 12.1 Å². The highest BCUT2D eigenvalue weighted by Crippen LogP contribution is 2.35. The van der Waals surface area contributed by atoms with Crippen LogP contribution in [0.15, 0.2) is 11.6 Å². The first-order valence-electron chi connectivity index (χ1n) is 6.51. The number of hydrogen-bond acceptors (Lipinski definition) is 2. The molecule has 1 saturated heterocycles. The average molecular weight is 253 g/mol. The molecule has 0 radical (unpaired) electrons. The summed E-state index contributed by atoms with van der Waals surface area (Å²) < 4.78 is 0. The van der Waals surface area contributed by atoms with E-state index in [4.69, 9.17) is 0 Å². The molecule has 4 nitrogen and oxygen atoms in total. The van der Waals surface area contributed by atoms with Crippen LogP contribution in [0.5, 0.6) is 0 Å². The number of hydrogen-bond donors (Lipinski definition) is 1. The van der Waals surface area contributed by atoms with Gasteiger partial charge in [0.25, 0.3) is 0 Å². The molecule has 0 spiro atoms. The quantitative estimate of drug-likeness (QED) is 0.786. The molecule has 4 heteroatoms. The van der Waals surface area contributed by atoms with Crippen molar-refractivity contribution in [1.29, 1.82) is 0 Å². The molecule has 1 aliphatic rings. The van der Waals surface area contributed by atoms with E-state index in [-0.39, 0.29) is 11.3 Å². The zero-order valence-electron chi connectivity index (χ0n) is 11.7. The van der Waals surface area contributed by atoms with Gasteiger partial charge in [-0.05, 0) is 31.6 Å². The molecular weight excluding hydrogens is 230 g/mol. The minimum absolute atomic E-state index is 0.142. The lowest BCUT2D eigenvalue weighted by Gasteiger charge is -2.44. The van der Waals surface area contributed by atoms with Gasteiger partial charge in [-0.1, -0.05) is 26.8 Å². The van der Waals surface area contributed by atoms with Crippen molar-refractivity contribution >= 4 is 11.9 Å². The maximum atomic E-state index is 12.3. The second-order valence-electron chi connectivity index (χ2n) is 5.63. The van der Waals surface area contributed by atoms with Gasteiger partial charge in [-0.2, -0.15) is 0 Å². The van der Waals surface area contributed by atoms with E-state index < -0.39 is 12.0 Å². The molecule has 102 valence electrons. The molecule has 18 heavy (non-hydrogen) atoms. The van der Waals surface area contributed by atoms with E-state index in [1.165, 1.54) is 4.90 Å². The van der Waals surface area contributed by atoms with Gasteiger partial charge in [-0.3, -0.25) is 4.79 Å². The normalized spacial score (nSPS) is 23.9. The van der Waals surface area contributed by atoms with Crippen molar-refractivity contribution < 1.29 is 14.7 Å². The molecule has 1 amide bonds. The number of piperidine rings is 1. The van der Waals surface area contributed by atoms with Crippen LogP contribution in [0.25, 0.3) is 0 Å². The third-order valence-corrected chi connectivity index (χ3v) is 3.61. The minimum Gasteiger partial charge on any atom is -0.480 e. The maximum Gasteiger partial charge on any atom is 0.326 e. The van der Waals surface area contributed by atoms with E-state index >= 15 is 0 Å². The molecule has 0 aromatic carbocycles. The van der Waals surface area contributed by atoms with Crippen LogP contribution in [0.3, 0.4) is 0 Å². The van der Waals surface area contributed by atoms with Crippen molar-refractivity contribution in [3.05, 3.63) is 11.6 Å². The van der Waals surface area contributed by atoms with Gasteiger partial charge < -0.3 is 10.0 Å². The van der Waals surface area contributed by atoms with E-state index in [2.05, 4.69) is 0 Å². The van der Waals surface area contributed by atoms with Gasteiger partial charge in [0.05, 0.1) is 0 Å². The summed E-state index contributed by atoms with van der Waals surface area (Å²) in [6.07, 6.45) is 4.33. The Morgan fingerprint density at radius 1 is 1.44 bits per heavy atom. The summed E-state index contributed by atoms with van der Waals surface area (Å²) in [6.45, 7) is 8.10. The second-order valence-corrected chi connectivity index (χ2v) is 5.63. The molecule has 0 saturated carbocycles. The SMILES string of the molecule is CC/C=C(/C)C(=O)N1CCCC(C)(C)C1C(=O)O. The lowest BCUT2D eigenvalue weighted by Crippen LogP contribution is -2.56. The number of carbonyl (C=O) groups excluding carboxylic acids is 1. The Hall–Kier alpha value is -1.32. The van der Waals surface area contributed by atoms with Crippen molar-refractivity contribution in [3.63, 3.8) is 0 Å². The van der Waals surface area contributed by atoms with Gasteiger partial charge in [0, 0.05) is 12.1 Å². The first-order valence-corrected chi connectivity index (χ1v) is 6.51. The molecule has 1 heterocycles. The first-order chi connectivity index (χ1) is 8.31. The van der Waals surface area contributed by atoms with E-state index in [9.17, 15) is 14.7 Å². The molecule has 0 bridgehead atoms. The highest BCUT2D eigenvalue weighted by atomic mass is 16.4. The van der Waals surface area contributed by atoms with Crippen LogP contribution >= 0.6 is 0 Å². The lowest BCUT2D eigenvalue weighted by molar-refractivity contribution is -0.157. The number of aliphatic carboxylic acids is 1. The van der Waals surface area contributed by atoms with Gasteiger partial charge in [0.2, 0.25) is 5.91 Å². The van der Waals surface area contributed by atoms with Crippen molar-refractivity contribution in [1.82, 2.24) is 4.90 Å². The van der Waals surface area contributed by atoms with Crippen molar-refractivity contribution in [2.45, 2.75) is 53.0 Å². The van der Waals surface area contributed by atoms with Crippen LogP contribution in [0.4, 0.5) is 0 Å². The molecule has 1 rings (SSSR count). The van der Waals surface area contributed by atoms with E-state index in [1.54, 1.807) is 6.92 Å². The Morgan fingerprint density at radius 2 is 2.06 bits per heavy atom. The van der Waals surface area contributed by atoms with Crippen LogP contribution in [0, 0.1) is 5.41 Å². The fourth-order valence-corrected chi connectivity index (χ4v) is 2.70. The summed E-state index contributed by atoms with van der Waals surface area (Å²) in [6, 6.07) is -0.723. The highest BCUT2D eigenvalue weighted by molar-refractivity contribution is 5.95. The van der Waals surface area contributed by atoms with Crippen LogP contribution < -0.4 is 0 Å². The number of nitrogens with zero attached hydrogens (tertiary/aromatic N) is 1. The highest BCUT2D eigenvalue weighted by Gasteiger charge is 2.44. The molecule has 0 aromatic rings. The van der Waals surface area contributed by atoms with Gasteiger partial charge >= 0.3 is 5.97 Å². The molecular formula is C14H23NO3. The number of likely N-dealkylation sites (tertiary alicyclic amines) is 1. The summed E-state index contributed by atoms with van der Waals surface area (Å²) in [4.78, 5) is 25.3. The predicted molar refractivity (Wildman–Crippen MR) is 70.2 cm³/mol. The topological polar surface area (TPSA) is 57.6 Å². The minimum atomic E-state index is -0.905. The van der Waals surface area contributed by atoms with Crippen LogP contribution in [-0.4, -0.2) is 34.5 Å². The van der Waals surface area contributed by atoms with Crippen LogP contribution in [0.2, 0.25) is 0 Å². The number of carboxylic acids is 1. The van der Waals surface area contributed by atoms with Crippen molar-refractivity contribution in [3.8, 4) is 0 Å². The van der Waals surface area contributed by atoms with Gasteiger partial charge in [-0.15, -0.1) is 0 Å². The Labute approximate surface area is 109 Å². The lowest BCUT2D eigenvalue weighted by atomic mass is 9.76.